The quantitative estimate of drug-likeness (QED) is 0.627. The maximum absolute atomic E-state index is 12.5. The zero-order valence-corrected chi connectivity index (χ0v) is 14.6. The van der Waals surface area contributed by atoms with Gasteiger partial charge in [0, 0.05) is 5.56 Å². The van der Waals surface area contributed by atoms with Crippen molar-refractivity contribution in [2.75, 3.05) is 11.9 Å². The van der Waals surface area contributed by atoms with Crippen LogP contribution < -0.4 is 14.8 Å². The first kappa shape index (κ1) is 19.3. The monoisotopic (exact) mass is 387 g/mol. The fourth-order valence-electron chi connectivity index (χ4n) is 2.56. The van der Waals surface area contributed by atoms with E-state index in [1.165, 1.54) is 18.2 Å². The molecule has 0 atom stereocenters. The van der Waals surface area contributed by atoms with Crippen molar-refractivity contribution in [2.24, 2.45) is 0 Å². The van der Waals surface area contributed by atoms with Gasteiger partial charge in [-0.15, -0.1) is 13.2 Å². The van der Waals surface area contributed by atoms with Crippen molar-refractivity contribution in [2.45, 2.75) is 6.36 Å². The number of halogens is 3. The second kappa shape index (κ2) is 8.47. The molecule has 1 amide bonds. The minimum Gasteiger partial charge on any atom is -0.483 e. The average molecular weight is 387 g/mol. The van der Waals surface area contributed by atoms with Gasteiger partial charge in [0.25, 0.3) is 5.91 Å². The van der Waals surface area contributed by atoms with E-state index < -0.39 is 18.0 Å². The number of anilines is 1. The van der Waals surface area contributed by atoms with E-state index in [1.807, 2.05) is 42.5 Å². The third-order valence-corrected chi connectivity index (χ3v) is 3.72. The summed E-state index contributed by atoms with van der Waals surface area (Å²) in [6, 6.07) is 22.0. The SMILES string of the molecule is O=C(COc1ccccc1-c1ccccc1)Nc1ccccc1OC(F)(F)F. The molecule has 4 nitrogen and oxygen atoms in total. The summed E-state index contributed by atoms with van der Waals surface area (Å²) in [7, 11) is 0. The van der Waals surface area contributed by atoms with Gasteiger partial charge in [0.05, 0.1) is 5.69 Å². The molecule has 0 aliphatic heterocycles. The molecule has 3 aromatic carbocycles. The summed E-state index contributed by atoms with van der Waals surface area (Å²) in [6.07, 6.45) is -4.86. The molecule has 7 heteroatoms. The molecule has 0 radical (unpaired) electrons. The fraction of sp³-hybridized carbons (Fsp3) is 0.0952. The zero-order valence-electron chi connectivity index (χ0n) is 14.6. The largest absolute Gasteiger partial charge is 0.573 e. The molecule has 0 unspecified atom stereocenters. The average Bonchev–Trinajstić information content (AvgIpc) is 2.68. The second-order valence-electron chi connectivity index (χ2n) is 5.74. The van der Waals surface area contributed by atoms with Crippen LogP contribution in [0.5, 0.6) is 11.5 Å². The van der Waals surface area contributed by atoms with Crippen LogP contribution in [0, 0.1) is 0 Å². The Kier molecular flexibility index (Phi) is 5.84. The summed E-state index contributed by atoms with van der Waals surface area (Å²) < 4.78 is 46.9. The Morgan fingerprint density at radius 1 is 0.821 bits per heavy atom. The van der Waals surface area contributed by atoms with E-state index in [1.54, 1.807) is 12.1 Å². The topological polar surface area (TPSA) is 47.6 Å². The van der Waals surface area contributed by atoms with Crippen molar-refractivity contribution in [1.29, 1.82) is 0 Å². The molecule has 0 bridgehead atoms. The Morgan fingerprint density at radius 3 is 2.14 bits per heavy atom. The van der Waals surface area contributed by atoms with Crippen LogP contribution in [0.2, 0.25) is 0 Å². The highest BCUT2D eigenvalue weighted by Gasteiger charge is 2.32. The van der Waals surface area contributed by atoms with Crippen LogP contribution >= 0.6 is 0 Å². The molecule has 3 rings (SSSR count). The number of hydrogen-bond acceptors (Lipinski definition) is 3. The van der Waals surface area contributed by atoms with E-state index in [9.17, 15) is 18.0 Å². The number of amides is 1. The molecule has 1 N–H and O–H groups in total. The number of benzene rings is 3. The molecular formula is C21H16F3NO3. The van der Waals surface area contributed by atoms with Crippen molar-refractivity contribution in [3.05, 3.63) is 78.9 Å². The predicted molar refractivity (Wildman–Crippen MR) is 99.1 cm³/mol. The van der Waals surface area contributed by atoms with Gasteiger partial charge in [0.15, 0.2) is 12.4 Å². The lowest BCUT2D eigenvalue weighted by Gasteiger charge is -2.15. The van der Waals surface area contributed by atoms with Crippen molar-refractivity contribution >= 4 is 11.6 Å². The molecule has 0 spiro atoms. The standard InChI is InChI=1S/C21H16F3NO3/c22-21(23,24)28-19-13-7-5-11-17(19)25-20(26)14-27-18-12-6-4-10-16(18)15-8-2-1-3-9-15/h1-13H,14H2,(H,25,26). The molecule has 144 valence electrons. The van der Waals surface area contributed by atoms with Gasteiger partial charge in [-0.05, 0) is 23.8 Å². The van der Waals surface area contributed by atoms with Crippen LogP contribution in [0.15, 0.2) is 78.9 Å². The Labute approximate surface area is 159 Å². The first-order chi connectivity index (χ1) is 13.4. The van der Waals surface area contributed by atoms with Crippen molar-refractivity contribution < 1.29 is 27.4 Å². The van der Waals surface area contributed by atoms with E-state index in [4.69, 9.17) is 4.74 Å². The highest BCUT2D eigenvalue weighted by molar-refractivity contribution is 5.93. The number of hydrogen-bond donors (Lipinski definition) is 1. The van der Waals surface area contributed by atoms with Crippen LogP contribution in [0.4, 0.5) is 18.9 Å². The highest BCUT2D eigenvalue weighted by Crippen LogP contribution is 2.31. The molecular weight excluding hydrogens is 371 g/mol. The van der Waals surface area contributed by atoms with Crippen molar-refractivity contribution in [1.82, 2.24) is 0 Å². The number of para-hydroxylation sites is 3. The van der Waals surface area contributed by atoms with Gasteiger partial charge in [0.1, 0.15) is 5.75 Å². The molecule has 28 heavy (non-hydrogen) atoms. The number of rotatable bonds is 6. The van der Waals surface area contributed by atoms with Crippen LogP contribution in [0.3, 0.4) is 0 Å². The summed E-state index contributed by atoms with van der Waals surface area (Å²) in [5, 5.41) is 2.37. The summed E-state index contributed by atoms with van der Waals surface area (Å²) in [4.78, 5) is 12.2. The fourth-order valence-corrected chi connectivity index (χ4v) is 2.56. The number of nitrogens with one attached hydrogen (secondary N) is 1. The van der Waals surface area contributed by atoms with Gasteiger partial charge >= 0.3 is 6.36 Å². The predicted octanol–water partition coefficient (Wildman–Crippen LogP) is 5.27. The van der Waals surface area contributed by atoms with Gasteiger partial charge in [-0.25, -0.2) is 0 Å². The van der Waals surface area contributed by atoms with Crippen LogP contribution in [0.1, 0.15) is 0 Å². The summed E-state index contributed by atoms with van der Waals surface area (Å²) >= 11 is 0. The third-order valence-electron chi connectivity index (χ3n) is 3.72. The number of alkyl halides is 3. The summed E-state index contributed by atoms with van der Waals surface area (Å²) in [5.74, 6) is -0.613. The molecule has 0 aliphatic carbocycles. The molecule has 0 aromatic heterocycles. The van der Waals surface area contributed by atoms with E-state index in [0.29, 0.717) is 5.75 Å². The lowest BCUT2D eigenvalue weighted by Crippen LogP contribution is -2.22. The number of carbonyl (C=O) groups is 1. The van der Waals surface area contributed by atoms with E-state index in [-0.39, 0.29) is 12.3 Å². The van der Waals surface area contributed by atoms with Gasteiger partial charge in [-0.3, -0.25) is 4.79 Å². The Morgan fingerprint density at radius 2 is 1.43 bits per heavy atom. The maximum Gasteiger partial charge on any atom is 0.573 e. The zero-order chi connectivity index (χ0) is 20.0. The van der Waals surface area contributed by atoms with Crippen LogP contribution in [-0.4, -0.2) is 18.9 Å². The minimum atomic E-state index is -4.86. The summed E-state index contributed by atoms with van der Waals surface area (Å²) in [6.45, 7) is -0.371. The first-order valence-electron chi connectivity index (χ1n) is 8.34. The number of ether oxygens (including phenoxy) is 2. The Bertz CT molecular complexity index is 943. The normalized spacial score (nSPS) is 11.0. The van der Waals surface area contributed by atoms with E-state index in [2.05, 4.69) is 10.1 Å². The Hall–Kier alpha value is -3.48. The summed E-state index contributed by atoms with van der Waals surface area (Å²) in [5.41, 5.74) is 1.63. The van der Waals surface area contributed by atoms with E-state index >= 15 is 0 Å². The molecule has 0 saturated heterocycles. The Balaban J connectivity index is 1.68. The molecule has 0 heterocycles. The lowest BCUT2D eigenvalue weighted by atomic mass is 10.1. The maximum atomic E-state index is 12.5. The van der Waals surface area contributed by atoms with Crippen LogP contribution in [0.25, 0.3) is 11.1 Å². The van der Waals surface area contributed by atoms with Crippen molar-refractivity contribution in [3.63, 3.8) is 0 Å². The van der Waals surface area contributed by atoms with Gasteiger partial charge < -0.3 is 14.8 Å². The van der Waals surface area contributed by atoms with Gasteiger partial charge in [-0.1, -0.05) is 60.7 Å². The molecule has 0 fully saturated rings. The van der Waals surface area contributed by atoms with E-state index in [0.717, 1.165) is 17.2 Å². The van der Waals surface area contributed by atoms with Gasteiger partial charge in [0.2, 0.25) is 0 Å². The molecule has 0 aliphatic rings. The van der Waals surface area contributed by atoms with Crippen LogP contribution in [-0.2, 0) is 4.79 Å². The smallest absolute Gasteiger partial charge is 0.483 e. The lowest BCUT2D eigenvalue weighted by molar-refractivity contribution is -0.274. The van der Waals surface area contributed by atoms with Crippen molar-refractivity contribution in [3.8, 4) is 22.6 Å². The molecule has 0 saturated carbocycles. The highest BCUT2D eigenvalue weighted by atomic mass is 19.4. The molecule has 3 aromatic rings. The first-order valence-corrected chi connectivity index (χ1v) is 8.34. The third kappa shape index (κ3) is 5.26. The van der Waals surface area contributed by atoms with Gasteiger partial charge in [-0.2, -0.15) is 0 Å². The minimum absolute atomic E-state index is 0.0928. The number of carbonyl (C=O) groups excluding carboxylic acids is 1. The second-order valence-corrected chi connectivity index (χ2v) is 5.74.